The molecule has 0 radical (unpaired) electrons. The van der Waals surface area contributed by atoms with Gasteiger partial charge in [0.05, 0.1) is 6.42 Å². The van der Waals surface area contributed by atoms with Crippen LogP contribution in [0.1, 0.15) is 38.2 Å². The molecule has 1 aromatic carbocycles. The Morgan fingerprint density at radius 1 is 1.11 bits per heavy atom. The first-order chi connectivity index (χ1) is 12.9. The summed E-state index contributed by atoms with van der Waals surface area (Å²) in [5, 5.41) is 7.78. The van der Waals surface area contributed by atoms with E-state index in [1.165, 1.54) is 0 Å². The second-order valence-corrected chi connectivity index (χ2v) is 6.68. The summed E-state index contributed by atoms with van der Waals surface area (Å²) in [5.41, 5.74) is 6.22. The first-order valence-corrected chi connectivity index (χ1v) is 9.14. The normalized spacial score (nSPS) is 20.3. The SMILES string of the molecule is CCCC[C@H](NC(=O)C[C@@H]1NC(=O)[C@H](Cc2ccccc2)NC1=O)C(N)=O. The lowest BCUT2D eigenvalue weighted by Crippen LogP contribution is -2.63. The average molecular weight is 374 g/mol. The van der Waals surface area contributed by atoms with Crippen LogP contribution in [0.5, 0.6) is 0 Å². The number of nitrogens with two attached hydrogens (primary N) is 1. The molecule has 3 atom stereocenters. The van der Waals surface area contributed by atoms with Gasteiger partial charge in [-0.2, -0.15) is 0 Å². The fourth-order valence-electron chi connectivity index (χ4n) is 2.95. The van der Waals surface area contributed by atoms with Crippen LogP contribution in [0.4, 0.5) is 0 Å². The van der Waals surface area contributed by atoms with Gasteiger partial charge in [0.2, 0.25) is 23.6 Å². The number of unbranched alkanes of at least 4 members (excludes halogenated alkanes) is 1. The summed E-state index contributed by atoms with van der Waals surface area (Å²) < 4.78 is 0. The number of rotatable bonds is 9. The highest BCUT2D eigenvalue weighted by atomic mass is 16.2. The summed E-state index contributed by atoms with van der Waals surface area (Å²) in [7, 11) is 0. The first kappa shape index (κ1) is 20.4. The number of hydrogen-bond donors (Lipinski definition) is 4. The van der Waals surface area contributed by atoms with E-state index >= 15 is 0 Å². The van der Waals surface area contributed by atoms with Gasteiger partial charge in [-0.3, -0.25) is 19.2 Å². The molecule has 0 unspecified atom stereocenters. The van der Waals surface area contributed by atoms with Crippen molar-refractivity contribution in [1.29, 1.82) is 0 Å². The number of hydrogen-bond acceptors (Lipinski definition) is 4. The monoisotopic (exact) mass is 374 g/mol. The van der Waals surface area contributed by atoms with Crippen LogP contribution in [0.3, 0.4) is 0 Å². The predicted molar refractivity (Wildman–Crippen MR) is 99.3 cm³/mol. The van der Waals surface area contributed by atoms with Crippen LogP contribution >= 0.6 is 0 Å². The van der Waals surface area contributed by atoms with E-state index < -0.39 is 35.8 Å². The summed E-state index contributed by atoms with van der Waals surface area (Å²) in [6.45, 7) is 1.97. The summed E-state index contributed by atoms with van der Waals surface area (Å²) in [4.78, 5) is 48.1. The van der Waals surface area contributed by atoms with E-state index in [0.717, 1.165) is 18.4 Å². The van der Waals surface area contributed by atoms with Crippen molar-refractivity contribution in [3.63, 3.8) is 0 Å². The minimum Gasteiger partial charge on any atom is -0.368 e. The highest BCUT2D eigenvalue weighted by Gasteiger charge is 2.35. The van der Waals surface area contributed by atoms with E-state index in [-0.39, 0.29) is 12.3 Å². The lowest BCUT2D eigenvalue weighted by Gasteiger charge is -2.29. The zero-order valence-corrected chi connectivity index (χ0v) is 15.4. The Labute approximate surface area is 158 Å². The van der Waals surface area contributed by atoms with Gasteiger partial charge in [-0.25, -0.2) is 0 Å². The Morgan fingerprint density at radius 2 is 1.74 bits per heavy atom. The van der Waals surface area contributed by atoms with Gasteiger partial charge >= 0.3 is 0 Å². The third kappa shape index (κ3) is 6.09. The summed E-state index contributed by atoms with van der Waals surface area (Å²) in [6.07, 6.45) is 2.18. The van der Waals surface area contributed by atoms with Gasteiger partial charge < -0.3 is 21.7 Å². The molecule has 1 heterocycles. The first-order valence-electron chi connectivity index (χ1n) is 9.14. The van der Waals surface area contributed by atoms with Crippen LogP contribution in [0.25, 0.3) is 0 Å². The molecule has 146 valence electrons. The van der Waals surface area contributed by atoms with Gasteiger partial charge in [-0.05, 0) is 12.0 Å². The number of nitrogens with one attached hydrogen (secondary N) is 3. The van der Waals surface area contributed by atoms with Crippen molar-refractivity contribution >= 4 is 23.6 Å². The van der Waals surface area contributed by atoms with E-state index in [0.29, 0.717) is 12.8 Å². The Kier molecular flexibility index (Phi) is 7.34. The molecule has 0 aliphatic carbocycles. The van der Waals surface area contributed by atoms with E-state index in [2.05, 4.69) is 16.0 Å². The zero-order valence-electron chi connectivity index (χ0n) is 15.4. The molecule has 0 bridgehead atoms. The molecular formula is C19H26N4O4. The average Bonchev–Trinajstić information content (AvgIpc) is 2.63. The maximum absolute atomic E-state index is 12.3. The van der Waals surface area contributed by atoms with Crippen molar-refractivity contribution < 1.29 is 19.2 Å². The van der Waals surface area contributed by atoms with E-state index in [1.54, 1.807) is 0 Å². The summed E-state index contributed by atoms with van der Waals surface area (Å²) in [5.74, 6) is -1.88. The van der Waals surface area contributed by atoms with Crippen LogP contribution in [0.15, 0.2) is 30.3 Å². The Morgan fingerprint density at radius 3 is 2.37 bits per heavy atom. The van der Waals surface area contributed by atoms with Gasteiger partial charge in [-0.15, -0.1) is 0 Å². The van der Waals surface area contributed by atoms with Crippen molar-refractivity contribution in [2.24, 2.45) is 5.73 Å². The van der Waals surface area contributed by atoms with Crippen LogP contribution < -0.4 is 21.7 Å². The standard InChI is InChI=1S/C19H26N4O4/c1-2-3-9-13(17(20)25)21-16(24)11-15-19(27)22-14(18(26)23-15)10-12-7-5-4-6-8-12/h4-8,13-15H,2-3,9-11H2,1H3,(H2,20,25)(H,21,24)(H,22,27)(H,23,26)/t13-,14-,15-/m0/s1. The molecule has 0 spiro atoms. The molecular weight excluding hydrogens is 348 g/mol. The van der Waals surface area contributed by atoms with E-state index in [4.69, 9.17) is 5.73 Å². The number of carbonyl (C=O) groups excluding carboxylic acids is 4. The topological polar surface area (TPSA) is 130 Å². The lowest BCUT2D eigenvalue weighted by atomic mass is 10.0. The number of benzene rings is 1. The maximum atomic E-state index is 12.3. The summed E-state index contributed by atoms with van der Waals surface area (Å²) in [6, 6.07) is 6.92. The molecule has 0 aromatic heterocycles. The van der Waals surface area contributed by atoms with Crippen molar-refractivity contribution in [3.8, 4) is 0 Å². The molecule has 0 saturated carbocycles. The molecule has 2 rings (SSSR count). The summed E-state index contributed by atoms with van der Waals surface area (Å²) >= 11 is 0. The molecule has 1 aliphatic rings. The molecule has 1 saturated heterocycles. The Hall–Kier alpha value is -2.90. The molecule has 1 aliphatic heterocycles. The van der Waals surface area contributed by atoms with Crippen LogP contribution in [0.2, 0.25) is 0 Å². The second kappa shape index (κ2) is 9.70. The molecule has 1 aromatic rings. The Balaban J connectivity index is 1.89. The van der Waals surface area contributed by atoms with Gasteiger partial charge in [0.15, 0.2) is 0 Å². The third-order valence-electron chi connectivity index (χ3n) is 4.46. The van der Waals surface area contributed by atoms with Crippen molar-refractivity contribution in [2.45, 2.75) is 57.2 Å². The van der Waals surface area contributed by atoms with Crippen LogP contribution in [0, 0.1) is 0 Å². The molecule has 4 amide bonds. The van der Waals surface area contributed by atoms with Crippen LogP contribution in [-0.2, 0) is 25.6 Å². The molecule has 5 N–H and O–H groups in total. The maximum Gasteiger partial charge on any atom is 0.243 e. The molecule has 8 nitrogen and oxygen atoms in total. The third-order valence-corrected chi connectivity index (χ3v) is 4.46. The van der Waals surface area contributed by atoms with Gasteiger partial charge in [0, 0.05) is 6.42 Å². The minimum atomic E-state index is -0.968. The highest BCUT2D eigenvalue weighted by Crippen LogP contribution is 2.09. The number of carbonyl (C=O) groups is 4. The van der Waals surface area contributed by atoms with Crippen molar-refractivity contribution in [3.05, 3.63) is 35.9 Å². The number of primary amides is 1. The van der Waals surface area contributed by atoms with Gasteiger partial charge in [-0.1, -0.05) is 50.1 Å². The fraction of sp³-hybridized carbons (Fsp3) is 0.474. The number of amides is 4. The molecule has 8 heteroatoms. The minimum absolute atomic E-state index is 0.245. The predicted octanol–water partition coefficient (Wildman–Crippen LogP) is -0.237. The van der Waals surface area contributed by atoms with E-state index in [1.807, 2.05) is 37.3 Å². The Bertz CT molecular complexity index is 692. The van der Waals surface area contributed by atoms with Crippen molar-refractivity contribution in [1.82, 2.24) is 16.0 Å². The van der Waals surface area contributed by atoms with E-state index in [9.17, 15) is 19.2 Å². The zero-order chi connectivity index (χ0) is 19.8. The fourth-order valence-corrected chi connectivity index (χ4v) is 2.95. The largest absolute Gasteiger partial charge is 0.368 e. The molecule has 1 fully saturated rings. The van der Waals surface area contributed by atoms with Crippen molar-refractivity contribution in [2.75, 3.05) is 0 Å². The van der Waals surface area contributed by atoms with Gasteiger partial charge in [0.25, 0.3) is 0 Å². The second-order valence-electron chi connectivity index (χ2n) is 6.68. The van der Waals surface area contributed by atoms with Crippen LogP contribution in [-0.4, -0.2) is 41.8 Å². The smallest absolute Gasteiger partial charge is 0.243 e. The quantitative estimate of drug-likeness (QED) is 0.475. The number of piperazine rings is 1. The lowest BCUT2D eigenvalue weighted by molar-refractivity contribution is -0.138. The van der Waals surface area contributed by atoms with Gasteiger partial charge in [0.1, 0.15) is 18.1 Å². The molecule has 27 heavy (non-hydrogen) atoms. The highest BCUT2D eigenvalue weighted by molar-refractivity contribution is 5.99.